The number of hydrogen-bond donors (Lipinski definition) is 2. The summed E-state index contributed by atoms with van der Waals surface area (Å²) < 4.78 is 0. The van der Waals surface area contributed by atoms with Gasteiger partial charge in [0.1, 0.15) is 0 Å². The summed E-state index contributed by atoms with van der Waals surface area (Å²) >= 11 is 0. The number of nitrogens with one attached hydrogen (secondary N) is 2. The number of aromatic nitrogens is 1. The van der Waals surface area contributed by atoms with Gasteiger partial charge in [0.2, 0.25) is 0 Å². The number of rotatable bonds is 3. The van der Waals surface area contributed by atoms with E-state index in [1.54, 1.807) is 0 Å². The van der Waals surface area contributed by atoms with E-state index in [0.717, 1.165) is 0 Å². The van der Waals surface area contributed by atoms with Crippen molar-refractivity contribution >= 4 is 0 Å². The first-order chi connectivity index (χ1) is 7.25. The monoisotopic (exact) mass is 207 g/mol. The molecule has 84 valence electrons. The average molecular weight is 207 g/mol. The molecule has 1 atom stereocenters. The van der Waals surface area contributed by atoms with Crippen LogP contribution in [0.25, 0.3) is 0 Å². The molecule has 1 aromatic rings. The van der Waals surface area contributed by atoms with Crippen molar-refractivity contribution in [3.63, 3.8) is 0 Å². The minimum Gasteiger partial charge on any atom is -0.364 e. The van der Waals surface area contributed by atoms with Crippen molar-refractivity contribution < 1.29 is 0 Å². The fourth-order valence-corrected chi connectivity index (χ4v) is 2.23. The Kier molecular flexibility index (Phi) is 3.44. The molecule has 2 N–H and O–H groups in total. The van der Waals surface area contributed by atoms with Crippen LogP contribution in [0.5, 0.6) is 0 Å². The van der Waals surface area contributed by atoms with Crippen LogP contribution in [0.2, 0.25) is 0 Å². The van der Waals surface area contributed by atoms with E-state index in [9.17, 15) is 0 Å². The summed E-state index contributed by atoms with van der Waals surface area (Å²) in [5, 5.41) is 3.68. The third-order valence-electron chi connectivity index (χ3n) is 3.29. The number of nitrogens with zero attached hydrogens (tertiary/aromatic N) is 1. The second-order valence-electron chi connectivity index (χ2n) is 4.59. The Morgan fingerprint density at radius 3 is 2.80 bits per heavy atom. The van der Waals surface area contributed by atoms with Gasteiger partial charge in [-0.3, -0.25) is 0 Å². The molecular formula is C12H21N3. The van der Waals surface area contributed by atoms with Gasteiger partial charge in [0.15, 0.2) is 0 Å². The fraction of sp³-hybridized carbons (Fsp3) is 0.667. The summed E-state index contributed by atoms with van der Waals surface area (Å²) in [5.74, 6) is 0. The van der Waals surface area contributed by atoms with Crippen molar-refractivity contribution in [2.75, 3.05) is 20.1 Å². The molecule has 1 aliphatic heterocycles. The summed E-state index contributed by atoms with van der Waals surface area (Å²) in [6.45, 7) is 4.66. The Labute approximate surface area is 91.9 Å². The van der Waals surface area contributed by atoms with E-state index in [4.69, 9.17) is 0 Å². The second-order valence-corrected chi connectivity index (χ2v) is 4.59. The van der Waals surface area contributed by atoms with E-state index < -0.39 is 0 Å². The quantitative estimate of drug-likeness (QED) is 0.791. The van der Waals surface area contributed by atoms with E-state index in [0.29, 0.717) is 12.1 Å². The van der Waals surface area contributed by atoms with Gasteiger partial charge in [0.05, 0.1) is 0 Å². The third kappa shape index (κ3) is 2.83. The van der Waals surface area contributed by atoms with Crippen LogP contribution >= 0.6 is 0 Å². The molecule has 1 fully saturated rings. The number of hydrogen-bond acceptors (Lipinski definition) is 2. The molecular weight excluding hydrogens is 186 g/mol. The minimum atomic E-state index is 0.438. The molecule has 2 heterocycles. The molecule has 2 rings (SSSR count). The van der Waals surface area contributed by atoms with E-state index in [2.05, 4.69) is 41.3 Å². The molecule has 3 heteroatoms. The SMILES string of the molecule is CC(NC1CCN(C)CC1)c1ccc[nH]1. The number of likely N-dealkylation sites (tertiary alicyclic amines) is 1. The Balaban J connectivity index is 1.82. The van der Waals surface area contributed by atoms with Gasteiger partial charge in [0.25, 0.3) is 0 Å². The van der Waals surface area contributed by atoms with Crippen molar-refractivity contribution in [2.24, 2.45) is 0 Å². The van der Waals surface area contributed by atoms with Gasteiger partial charge in [-0.25, -0.2) is 0 Å². The Bertz CT molecular complexity index is 273. The second kappa shape index (κ2) is 4.81. The lowest BCUT2D eigenvalue weighted by Crippen LogP contribution is -2.41. The van der Waals surface area contributed by atoms with E-state index in [-0.39, 0.29) is 0 Å². The number of piperidine rings is 1. The summed E-state index contributed by atoms with van der Waals surface area (Å²) in [7, 11) is 2.20. The van der Waals surface area contributed by atoms with E-state index >= 15 is 0 Å². The van der Waals surface area contributed by atoms with Crippen LogP contribution in [0.4, 0.5) is 0 Å². The predicted molar refractivity (Wildman–Crippen MR) is 62.9 cm³/mol. The first-order valence-electron chi connectivity index (χ1n) is 5.83. The highest BCUT2D eigenvalue weighted by molar-refractivity contribution is 5.08. The van der Waals surface area contributed by atoms with Crippen LogP contribution < -0.4 is 5.32 Å². The van der Waals surface area contributed by atoms with Crippen molar-refractivity contribution in [1.29, 1.82) is 0 Å². The lowest BCUT2D eigenvalue weighted by Gasteiger charge is -2.31. The van der Waals surface area contributed by atoms with Gasteiger partial charge in [0, 0.05) is 24.0 Å². The summed E-state index contributed by atoms with van der Waals surface area (Å²) in [5.41, 5.74) is 1.29. The highest BCUT2D eigenvalue weighted by Gasteiger charge is 2.18. The number of H-pyrrole nitrogens is 1. The lowest BCUT2D eigenvalue weighted by atomic mass is 10.0. The van der Waals surface area contributed by atoms with Crippen LogP contribution in [-0.2, 0) is 0 Å². The molecule has 1 unspecified atom stereocenters. The third-order valence-corrected chi connectivity index (χ3v) is 3.29. The van der Waals surface area contributed by atoms with Gasteiger partial charge < -0.3 is 15.2 Å². The maximum atomic E-state index is 3.68. The Hall–Kier alpha value is -0.800. The van der Waals surface area contributed by atoms with Gasteiger partial charge in [-0.2, -0.15) is 0 Å². The van der Waals surface area contributed by atoms with Crippen LogP contribution in [0, 0.1) is 0 Å². The molecule has 15 heavy (non-hydrogen) atoms. The van der Waals surface area contributed by atoms with Gasteiger partial charge in [-0.1, -0.05) is 0 Å². The lowest BCUT2D eigenvalue weighted by molar-refractivity contribution is 0.226. The summed E-state index contributed by atoms with van der Waals surface area (Å²) in [4.78, 5) is 5.66. The fourth-order valence-electron chi connectivity index (χ4n) is 2.23. The molecule has 0 saturated carbocycles. The zero-order chi connectivity index (χ0) is 10.7. The molecule has 0 aromatic carbocycles. The minimum absolute atomic E-state index is 0.438. The smallest absolute Gasteiger partial charge is 0.0446 e. The molecule has 0 aliphatic carbocycles. The first kappa shape index (κ1) is 10.7. The summed E-state index contributed by atoms with van der Waals surface area (Å²) in [6.07, 6.45) is 4.52. The number of aromatic amines is 1. The topological polar surface area (TPSA) is 31.1 Å². The summed E-state index contributed by atoms with van der Waals surface area (Å²) in [6, 6.07) is 5.32. The van der Waals surface area contributed by atoms with Gasteiger partial charge in [-0.15, -0.1) is 0 Å². The molecule has 0 bridgehead atoms. The average Bonchev–Trinajstić information content (AvgIpc) is 2.74. The molecule has 1 saturated heterocycles. The van der Waals surface area contributed by atoms with Crippen LogP contribution in [0.3, 0.4) is 0 Å². The Morgan fingerprint density at radius 1 is 1.47 bits per heavy atom. The van der Waals surface area contributed by atoms with Crippen molar-refractivity contribution in [1.82, 2.24) is 15.2 Å². The largest absolute Gasteiger partial charge is 0.364 e. The predicted octanol–water partition coefficient (Wildman–Crippen LogP) is 1.76. The standard InChI is InChI=1S/C12H21N3/c1-10(12-4-3-7-13-12)14-11-5-8-15(2)9-6-11/h3-4,7,10-11,13-14H,5-6,8-9H2,1-2H3. The van der Waals surface area contributed by atoms with Crippen LogP contribution in [0.1, 0.15) is 31.5 Å². The van der Waals surface area contributed by atoms with Crippen molar-refractivity contribution in [2.45, 2.75) is 31.8 Å². The maximum Gasteiger partial charge on any atom is 0.0446 e. The van der Waals surface area contributed by atoms with Gasteiger partial charge in [-0.05, 0) is 52.0 Å². The molecule has 1 aromatic heterocycles. The normalized spacial score (nSPS) is 21.7. The van der Waals surface area contributed by atoms with Crippen LogP contribution in [-0.4, -0.2) is 36.1 Å². The van der Waals surface area contributed by atoms with E-state index in [1.165, 1.54) is 31.6 Å². The van der Waals surface area contributed by atoms with Gasteiger partial charge >= 0.3 is 0 Å². The first-order valence-corrected chi connectivity index (χ1v) is 5.83. The molecule has 0 radical (unpaired) electrons. The molecule has 0 spiro atoms. The zero-order valence-corrected chi connectivity index (χ0v) is 9.66. The molecule has 3 nitrogen and oxygen atoms in total. The zero-order valence-electron chi connectivity index (χ0n) is 9.66. The highest BCUT2D eigenvalue weighted by atomic mass is 15.1. The van der Waals surface area contributed by atoms with E-state index in [1.807, 2.05) is 6.20 Å². The highest BCUT2D eigenvalue weighted by Crippen LogP contribution is 2.15. The van der Waals surface area contributed by atoms with Crippen LogP contribution in [0.15, 0.2) is 18.3 Å². The molecule has 1 aliphatic rings. The van der Waals surface area contributed by atoms with Crippen molar-refractivity contribution in [3.8, 4) is 0 Å². The maximum absolute atomic E-state index is 3.68. The Morgan fingerprint density at radius 2 is 2.20 bits per heavy atom. The van der Waals surface area contributed by atoms with Crippen molar-refractivity contribution in [3.05, 3.63) is 24.0 Å². The molecule has 0 amide bonds.